The molecule has 106 valence electrons. The van der Waals surface area contributed by atoms with E-state index in [2.05, 4.69) is 10.6 Å². The predicted molar refractivity (Wildman–Crippen MR) is 74.2 cm³/mol. The van der Waals surface area contributed by atoms with Gasteiger partial charge in [-0.3, -0.25) is 4.79 Å². The highest BCUT2D eigenvalue weighted by Gasteiger charge is 2.26. The van der Waals surface area contributed by atoms with Gasteiger partial charge in [-0.25, -0.2) is 13.6 Å². The summed E-state index contributed by atoms with van der Waals surface area (Å²) in [5, 5.41) is 10.7. The second-order valence-electron chi connectivity index (χ2n) is 4.68. The molecular formula is C12H19N3O3S. The number of nitrogens with one attached hydrogen (secondary N) is 2. The Bertz CT molecular complexity index is 550. The lowest BCUT2D eigenvalue weighted by Gasteiger charge is -2.24. The fourth-order valence-electron chi connectivity index (χ4n) is 1.54. The molecule has 0 bridgehead atoms. The van der Waals surface area contributed by atoms with Crippen molar-refractivity contribution < 1.29 is 13.2 Å². The van der Waals surface area contributed by atoms with Gasteiger partial charge in [-0.15, -0.1) is 0 Å². The van der Waals surface area contributed by atoms with E-state index in [1.54, 1.807) is 13.8 Å². The average Bonchev–Trinajstić information content (AvgIpc) is 2.28. The maximum atomic E-state index is 12.0. The number of hydrogen-bond donors (Lipinski definition) is 3. The molecule has 4 N–H and O–H groups in total. The Morgan fingerprint density at radius 2 is 1.79 bits per heavy atom. The third kappa shape index (κ3) is 4.30. The first-order valence-corrected chi connectivity index (χ1v) is 7.41. The number of likely N-dealkylation sites (N-methyl/N-ethyl adjacent to an activating group) is 1. The molecule has 1 amide bonds. The van der Waals surface area contributed by atoms with Gasteiger partial charge >= 0.3 is 0 Å². The molecule has 19 heavy (non-hydrogen) atoms. The molecule has 0 heterocycles. The Kier molecular flexibility index (Phi) is 4.67. The van der Waals surface area contributed by atoms with Gasteiger partial charge in [-0.2, -0.15) is 0 Å². The summed E-state index contributed by atoms with van der Waals surface area (Å²) in [5.41, 5.74) is -0.184. The quantitative estimate of drug-likeness (QED) is 0.739. The van der Waals surface area contributed by atoms with Gasteiger partial charge in [0.2, 0.25) is 15.9 Å². The highest BCUT2D eigenvalue weighted by molar-refractivity contribution is 7.89. The molecule has 0 saturated heterocycles. The molecule has 1 aromatic carbocycles. The summed E-state index contributed by atoms with van der Waals surface area (Å²) in [5.74, 6) is -0.197. The van der Waals surface area contributed by atoms with Crippen LogP contribution in [0.2, 0.25) is 0 Å². The van der Waals surface area contributed by atoms with Crippen molar-refractivity contribution in [1.29, 1.82) is 0 Å². The third-order valence-corrected chi connectivity index (χ3v) is 3.56. The molecule has 0 spiro atoms. The average molecular weight is 285 g/mol. The van der Waals surface area contributed by atoms with Crippen molar-refractivity contribution in [1.82, 2.24) is 5.32 Å². The van der Waals surface area contributed by atoms with Gasteiger partial charge < -0.3 is 10.6 Å². The van der Waals surface area contributed by atoms with E-state index in [1.165, 1.54) is 24.3 Å². The van der Waals surface area contributed by atoms with E-state index in [4.69, 9.17) is 5.14 Å². The van der Waals surface area contributed by atoms with Crippen molar-refractivity contribution in [2.45, 2.75) is 31.2 Å². The van der Waals surface area contributed by atoms with Gasteiger partial charge in [-0.1, -0.05) is 6.92 Å². The van der Waals surface area contributed by atoms with Crippen LogP contribution in [0.3, 0.4) is 0 Å². The van der Waals surface area contributed by atoms with Gasteiger partial charge in [0.1, 0.15) is 0 Å². The van der Waals surface area contributed by atoms with Crippen LogP contribution in [-0.2, 0) is 14.8 Å². The molecular weight excluding hydrogens is 266 g/mol. The molecule has 0 fully saturated rings. The van der Waals surface area contributed by atoms with Gasteiger partial charge in [0, 0.05) is 5.69 Å². The van der Waals surface area contributed by atoms with Crippen molar-refractivity contribution in [3.63, 3.8) is 0 Å². The van der Waals surface area contributed by atoms with E-state index < -0.39 is 15.6 Å². The van der Waals surface area contributed by atoms with Crippen LogP contribution >= 0.6 is 0 Å². The lowest BCUT2D eigenvalue weighted by Crippen LogP contribution is -2.49. The fraction of sp³-hybridized carbons (Fsp3) is 0.417. The summed E-state index contributed by atoms with van der Waals surface area (Å²) in [6, 6.07) is 5.70. The number of carbonyl (C=O) groups excluding carboxylic acids is 1. The zero-order chi connectivity index (χ0) is 14.7. The smallest absolute Gasteiger partial charge is 0.244 e. The molecule has 7 heteroatoms. The van der Waals surface area contributed by atoms with E-state index in [1.807, 2.05) is 6.92 Å². The first kappa shape index (κ1) is 15.6. The Morgan fingerprint density at radius 3 is 2.21 bits per heavy atom. The Morgan fingerprint density at radius 1 is 1.26 bits per heavy atom. The summed E-state index contributed by atoms with van der Waals surface area (Å²) in [6.45, 7) is 6.12. The highest BCUT2D eigenvalue weighted by Crippen LogP contribution is 2.14. The number of rotatable bonds is 5. The van der Waals surface area contributed by atoms with Crippen molar-refractivity contribution >= 4 is 21.6 Å². The number of hydrogen-bond acceptors (Lipinski definition) is 4. The van der Waals surface area contributed by atoms with Crippen molar-refractivity contribution in [2.75, 3.05) is 11.9 Å². The minimum atomic E-state index is -3.71. The van der Waals surface area contributed by atoms with Gasteiger partial charge in [-0.05, 0) is 44.7 Å². The maximum absolute atomic E-state index is 12.0. The number of carbonyl (C=O) groups is 1. The molecule has 0 radical (unpaired) electrons. The molecule has 1 rings (SSSR count). The highest BCUT2D eigenvalue weighted by atomic mass is 32.2. The summed E-state index contributed by atoms with van der Waals surface area (Å²) < 4.78 is 22.2. The van der Waals surface area contributed by atoms with Crippen LogP contribution in [0.4, 0.5) is 5.69 Å². The first-order valence-electron chi connectivity index (χ1n) is 5.86. The Labute approximate surface area is 113 Å². The first-order chi connectivity index (χ1) is 8.66. The molecule has 1 aromatic rings. The van der Waals surface area contributed by atoms with E-state index in [0.717, 1.165) is 0 Å². The third-order valence-electron chi connectivity index (χ3n) is 2.63. The Balaban J connectivity index is 2.82. The fourth-order valence-corrected chi connectivity index (χ4v) is 2.05. The van der Waals surface area contributed by atoms with Crippen LogP contribution in [0.1, 0.15) is 20.8 Å². The summed E-state index contributed by atoms with van der Waals surface area (Å²) in [7, 11) is -3.71. The zero-order valence-corrected chi connectivity index (χ0v) is 12.0. The summed E-state index contributed by atoms with van der Waals surface area (Å²) in [4.78, 5) is 12.0. The maximum Gasteiger partial charge on any atom is 0.244 e. The number of primary sulfonamides is 1. The van der Waals surface area contributed by atoms with Crippen LogP contribution < -0.4 is 15.8 Å². The van der Waals surface area contributed by atoms with Gasteiger partial charge in [0.15, 0.2) is 0 Å². The normalized spacial score (nSPS) is 12.2. The van der Waals surface area contributed by atoms with Crippen molar-refractivity contribution in [3.8, 4) is 0 Å². The number of sulfonamides is 1. The lowest BCUT2D eigenvalue weighted by molar-refractivity contribution is -0.121. The molecule has 0 aliphatic rings. The predicted octanol–water partition coefficient (Wildman–Crippen LogP) is 0.661. The molecule has 0 aliphatic heterocycles. The van der Waals surface area contributed by atoms with E-state index in [-0.39, 0.29) is 10.8 Å². The van der Waals surface area contributed by atoms with Crippen LogP contribution in [0, 0.1) is 0 Å². The van der Waals surface area contributed by atoms with Crippen molar-refractivity contribution in [3.05, 3.63) is 24.3 Å². The topological polar surface area (TPSA) is 101 Å². The molecule has 0 aliphatic carbocycles. The summed E-state index contributed by atoms with van der Waals surface area (Å²) >= 11 is 0. The second-order valence-corrected chi connectivity index (χ2v) is 6.24. The van der Waals surface area contributed by atoms with Crippen LogP contribution in [-0.4, -0.2) is 26.4 Å². The SMILES string of the molecule is CCNC(C)(C)C(=O)Nc1ccc(S(N)(=O)=O)cc1. The van der Waals surface area contributed by atoms with Crippen molar-refractivity contribution in [2.24, 2.45) is 5.14 Å². The standard InChI is InChI=1S/C12H19N3O3S/c1-4-14-12(2,3)11(16)15-9-5-7-10(8-6-9)19(13,17)18/h5-8,14H,4H2,1-3H3,(H,15,16)(H2,13,17,18). The van der Waals surface area contributed by atoms with Gasteiger partial charge in [0.05, 0.1) is 10.4 Å². The minimum absolute atomic E-state index is 0.0106. The van der Waals surface area contributed by atoms with Gasteiger partial charge in [0.25, 0.3) is 0 Å². The van der Waals surface area contributed by atoms with E-state index >= 15 is 0 Å². The Hall–Kier alpha value is -1.44. The molecule has 0 aromatic heterocycles. The molecule has 0 atom stereocenters. The molecule has 0 unspecified atom stereocenters. The molecule has 6 nitrogen and oxygen atoms in total. The van der Waals surface area contributed by atoms with Crippen LogP contribution in [0.25, 0.3) is 0 Å². The monoisotopic (exact) mass is 285 g/mol. The number of benzene rings is 1. The number of nitrogens with two attached hydrogens (primary N) is 1. The number of anilines is 1. The minimum Gasteiger partial charge on any atom is -0.325 e. The number of amides is 1. The molecule has 0 saturated carbocycles. The van der Waals surface area contributed by atoms with Crippen LogP contribution in [0.5, 0.6) is 0 Å². The van der Waals surface area contributed by atoms with E-state index in [9.17, 15) is 13.2 Å². The zero-order valence-electron chi connectivity index (χ0n) is 11.2. The lowest BCUT2D eigenvalue weighted by atomic mass is 10.0. The largest absolute Gasteiger partial charge is 0.325 e. The van der Waals surface area contributed by atoms with Crippen LogP contribution in [0.15, 0.2) is 29.2 Å². The second kappa shape index (κ2) is 5.68. The van der Waals surface area contributed by atoms with E-state index in [0.29, 0.717) is 12.2 Å². The summed E-state index contributed by atoms with van der Waals surface area (Å²) in [6.07, 6.45) is 0.